The number of aromatic nitrogens is 1. The number of hydrogen-bond acceptors (Lipinski definition) is 8. The third kappa shape index (κ3) is 5.94. The highest BCUT2D eigenvalue weighted by atomic mass is 16.5. The Morgan fingerprint density at radius 2 is 1.91 bits per heavy atom. The first-order valence-electron chi connectivity index (χ1n) is 14.7. The first-order chi connectivity index (χ1) is 20.9. The molecule has 0 atom stereocenters. The number of carbonyl (C=O) groups excluding carboxylic acids is 1. The minimum atomic E-state index is -0.187. The van der Waals surface area contributed by atoms with E-state index in [1.165, 1.54) is 0 Å². The molecule has 1 saturated heterocycles. The van der Waals surface area contributed by atoms with E-state index >= 15 is 0 Å². The lowest BCUT2D eigenvalue weighted by Crippen LogP contribution is -2.58. The topological polar surface area (TPSA) is 110 Å². The summed E-state index contributed by atoms with van der Waals surface area (Å²) in [5.41, 5.74) is 4.43. The number of pyridine rings is 1. The quantitative estimate of drug-likeness (QED) is 0.264. The van der Waals surface area contributed by atoms with Gasteiger partial charge >= 0.3 is 0 Å². The van der Waals surface area contributed by atoms with Crippen molar-refractivity contribution in [2.75, 3.05) is 41.0 Å². The molecule has 0 unspecified atom stereocenters. The summed E-state index contributed by atoms with van der Waals surface area (Å²) in [6.45, 7) is 2.14. The number of ether oxygens (including phenoxy) is 3. The number of methoxy groups -OCH3 is 1. The Morgan fingerprint density at radius 3 is 2.60 bits per heavy atom. The van der Waals surface area contributed by atoms with Crippen LogP contribution < -0.4 is 14.8 Å². The van der Waals surface area contributed by atoms with Gasteiger partial charge in [0.25, 0.3) is 5.91 Å². The van der Waals surface area contributed by atoms with Crippen molar-refractivity contribution in [3.8, 4) is 40.0 Å². The molecule has 0 radical (unpaired) electrons. The maximum Gasteiger partial charge on any atom is 0.251 e. The number of nitriles is 1. The summed E-state index contributed by atoms with van der Waals surface area (Å²) in [5.74, 6) is 1.56. The SMILES string of the molecule is COc1cc(C(=O)NC2(CN(C)C)CCC2)ccc1-c1cc2nccc(-c3ccc(OC4CCOCC4)c(C#N)c3)c2o1. The van der Waals surface area contributed by atoms with E-state index in [0.717, 1.165) is 49.8 Å². The number of likely N-dealkylation sites (N-methyl/N-ethyl adjacent to an activating group) is 1. The van der Waals surface area contributed by atoms with Crippen molar-refractivity contribution in [1.29, 1.82) is 5.26 Å². The molecule has 1 N–H and O–H groups in total. The summed E-state index contributed by atoms with van der Waals surface area (Å²) in [6, 6.07) is 17.0. The molecular formula is C34H36N4O5. The van der Waals surface area contributed by atoms with Crippen LogP contribution in [0.3, 0.4) is 0 Å². The van der Waals surface area contributed by atoms with Gasteiger partial charge in [-0.25, -0.2) is 0 Å². The maximum absolute atomic E-state index is 13.2. The summed E-state index contributed by atoms with van der Waals surface area (Å²) in [6.07, 6.45) is 6.44. The lowest BCUT2D eigenvalue weighted by Gasteiger charge is -2.44. The number of fused-ring (bicyclic) bond motifs is 1. The molecule has 9 nitrogen and oxygen atoms in total. The van der Waals surface area contributed by atoms with E-state index < -0.39 is 0 Å². The Kier molecular flexibility index (Phi) is 8.06. The van der Waals surface area contributed by atoms with Crippen LogP contribution in [0.2, 0.25) is 0 Å². The van der Waals surface area contributed by atoms with E-state index in [-0.39, 0.29) is 17.6 Å². The molecule has 2 aromatic carbocycles. The van der Waals surface area contributed by atoms with Gasteiger partial charge in [0, 0.05) is 42.8 Å². The van der Waals surface area contributed by atoms with Gasteiger partial charge < -0.3 is 28.8 Å². The Hall–Kier alpha value is -4.39. The fraction of sp³-hybridized carbons (Fsp3) is 0.382. The second-order valence-electron chi connectivity index (χ2n) is 11.7. The zero-order chi connectivity index (χ0) is 30.0. The molecule has 4 aromatic rings. The summed E-state index contributed by atoms with van der Waals surface area (Å²) in [4.78, 5) is 19.9. The van der Waals surface area contributed by atoms with Gasteiger partial charge in [-0.15, -0.1) is 0 Å². The van der Waals surface area contributed by atoms with Crippen molar-refractivity contribution in [2.24, 2.45) is 0 Å². The Labute approximate surface area is 251 Å². The van der Waals surface area contributed by atoms with E-state index in [1.54, 1.807) is 25.4 Å². The number of nitrogens with one attached hydrogen (secondary N) is 1. The maximum atomic E-state index is 13.2. The third-order valence-electron chi connectivity index (χ3n) is 8.32. The largest absolute Gasteiger partial charge is 0.496 e. The van der Waals surface area contributed by atoms with E-state index in [4.69, 9.17) is 18.6 Å². The van der Waals surface area contributed by atoms with Crippen LogP contribution in [0.4, 0.5) is 0 Å². The van der Waals surface area contributed by atoms with Gasteiger partial charge in [0.15, 0.2) is 5.58 Å². The number of hydrogen-bond donors (Lipinski definition) is 1. The second kappa shape index (κ2) is 12.1. The molecule has 2 aromatic heterocycles. The Morgan fingerprint density at radius 1 is 1.09 bits per heavy atom. The molecule has 1 amide bonds. The highest BCUT2D eigenvalue weighted by Gasteiger charge is 2.39. The van der Waals surface area contributed by atoms with Crippen LogP contribution in [0.1, 0.15) is 48.0 Å². The van der Waals surface area contributed by atoms with Crippen LogP contribution in [0, 0.1) is 11.3 Å². The summed E-state index contributed by atoms with van der Waals surface area (Å²) >= 11 is 0. The predicted octanol–water partition coefficient (Wildman–Crippen LogP) is 5.81. The molecule has 2 fully saturated rings. The molecule has 0 bridgehead atoms. The van der Waals surface area contributed by atoms with Gasteiger partial charge in [0.1, 0.15) is 34.9 Å². The van der Waals surface area contributed by atoms with Crippen molar-refractivity contribution in [3.63, 3.8) is 0 Å². The van der Waals surface area contributed by atoms with Crippen LogP contribution in [-0.4, -0.2) is 68.4 Å². The first-order valence-corrected chi connectivity index (χ1v) is 14.7. The zero-order valence-corrected chi connectivity index (χ0v) is 24.8. The molecule has 222 valence electrons. The molecule has 0 spiro atoms. The second-order valence-corrected chi connectivity index (χ2v) is 11.7. The zero-order valence-electron chi connectivity index (χ0n) is 24.8. The average Bonchev–Trinajstić information content (AvgIpc) is 3.44. The number of rotatable bonds is 9. The monoisotopic (exact) mass is 580 g/mol. The van der Waals surface area contributed by atoms with E-state index in [1.807, 2.05) is 50.5 Å². The molecule has 2 aliphatic rings. The number of carbonyl (C=O) groups is 1. The highest BCUT2D eigenvalue weighted by molar-refractivity contribution is 5.97. The van der Waals surface area contributed by atoms with Crippen LogP contribution in [0.5, 0.6) is 11.5 Å². The molecule has 1 saturated carbocycles. The van der Waals surface area contributed by atoms with Crippen LogP contribution >= 0.6 is 0 Å². The molecule has 3 heterocycles. The van der Waals surface area contributed by atoms with Gasteiger partial charge in [0.05, 0.1) is 37.0 Å². The van der Waals surface area contributed by atoms with E-state index in [0.29, 0.717) is 58.3 Å². The summed E-state index contributed by atoms with van der Waals surface area (Å²) < 4.78 is 23.7. The minimum absolute atomic E-state index is 0.0387. The molecule has 1 aliphatic heterocycles. The Bertz CT molecular complexity index is 1680. The number of nitrogens with zero attached hydrogens (tertiary/aromatic N) is 3. The normalized spacial score (nSPS) is 16.4. The summed E-state index contributed by atoms with van der Waals surface area (Å²) in [5, 5.41) is 13.2. The van der Waals surface area contributed by atoms with Gasteiger partial charge in [-0.05, 0) is 75.3 Å². The van der Waals surface area contributed by atoms with Crippen molar-refractivity contribution in [2.45, 2.75) is 43.7 Å². The number of furan rings is 1. The van der Waals surface area contributed by atoms with Crippen molar-refractivity contribution < 1.29 is 23.4 Å². The first kappa shape index (κ1) is 28.7. The standard InChI is InChI=1S/C34H36N4O5/c1-38(2)21-34(12-4-13-34)37-33(39)23-5-7-27(30(18-23)40-3)31-19-28-32(43-31)26(9-14-36-28)22-6-8-29(24(17-22)20-35)42-25-10-15-41-16-11-25/h5-9,14,17-19,25H,4,10-13,15-16,21H2,1-3H3,(H,37,39). The van der Waals surface area contributed by atoms with Crippen LogP contribution in [0.15, 0.2) is 59.1 Å². The summed E-state index contributed by atoms with van der Waals surface area (Å²) in [7, 11) is 5.63. The molecule has 6 rings (SSSR count). The van der Waals surface area contributed by atoms with Crippen LogP contribution in [-0.2, 0) is 4.74 Å². The number of benzene rings is 2. The van der Waals surface area contributed by atoms with Crippen molar-refractivity contribution >= 4 is 17.0 Å². The fourth-order valence-corrected chi connectivity index (χ4v) is 6.04. The molecule has 1 aliphatic carbocycles. The molecular weight excluding hydrogens is 544 g/mol. The number of amides is 1. The lowest BCUT2D eigenvalue weighted by atomic mass is 9.76. The van der Waals surface area contributed by atoms with Gasteiger partial charge in [0.2, 0.25) is 0 Å². The highest BCUT2D eigenvalue weighted by Crippen LogP contribution is 2.39. The van der Waals surface area contributed by atoms with E-state index in [9.17, 15) is 10.1 Å². The van der Waals surface area contributed by atoms with Gasteiger partial charge in [-0.3, -0.25) is 9.78 Å². The fourth-order valence-electron chi connectivity index (χ4n) is 6.04. The third-order valence-corrected chi connectivity index (χ3v) is 8.32. The lowest BCUT2D eigenvalue weighted by molar-refractivity contribution is 0.0254. The molecule has 9 heteroatoms. The average molecular weight is 581 g/mol. The minimum Gasteiger partial charge on any atom is -0.496 e. The molecule has 43 heavy (non-hydrogen) atoms. The van der Waals surface area contributed by atoms with Gasteiger partial charge in [-0.2, -0.15) is 5.26 Å². The van der Waals surface area contributed by atoms with Crippen molar-refractivity contribution in [3.05, 3.63) is 65.9 Å². The predicted molar refractivity (Wildman–Crippen MR) is 163 cm³/mol. The van der Waals surface area contributed by atoms with Gasteiger partial charge in [-0.1, -0.05) is 6.07 Å². The van der Waals surface area contributed by atoms with Crippen LogP contribution in [0.25, 0.3) is 33.6 Å². The van der Waals surface area contributed by atoms with Crippen molar-refractivity contribution in [1.82, 2.24) is 15.2 Å². The smallest absolute Gasteiger partial charge is 0.251 e. The van der Waals surface area contributed by atoms with E-state index in [2.05, 4.69) is 21.3 Å². The Balaban J connectivity index is 1.28.